The lowest BCUT2D eigenvalue weighted by Gasteiger charge is -2.28. The third-order valence-electron chi connectivity index (χ3n) is 3.20. The average Bonchev–Trinajstić information content (AvgIpc) is 2.30. The van der Waals surface area contributed by atoms with Crippen LogP contribution in [0.5, 0.6) is 0 Å². The molecule has 3 nitrogen and oxygen atoms in total. The summed E-state index contributed by atoms with van der Waals surface area (Å²) in [6, 6.07) is 5.73. The van der Waals surface area contributed by atoms with Crippen LogP contribution in [0.15, 0.2) is 24.3 Å². The van der Waals surface area contributed by atoms with Crippen molar-refractivity contribution in [1.29, 1.82) is 0 Å². The van der Waals surface area contributed by atoms with Gasteiger partial charge >= 0.3 is 0 Å². The number of nitrogens with two attached hydrogens (primary N) is 1. The molecule has 0 unspecified atom stereocenters. The number of rotatable bonds is 5. The maximum atomic E-state index is 13.0. The van der Waals surface area contributed by atoms with Crippen LogP contribution in [0.25, 0.3) is 0 Å². The van der Waals surface area contributed by atoms with Crippen molar-refractivity contribution in [2.75, 3.05) is 5.32 Å². The van der Waals surface area contributed by atoms with Crippen LogP contribution in [-0.2, 0) is 4.79 Å². The number of anilines is 1. The molecule has 1 aromatic carbocycles. The Morgan fingerprint density at radius 2 is 2.06 bits per heavy atom. The van der Waals surface area contributed by atoms with Crippen molar-refractivity contribution in [3.05, 3.63) is 30.1 Å². The summed E-state index contributed by atoms with van der Waals surface area (Å²) >= 11 is 4.99. The van der Waals surface area contributed by atoms with E-state index in [1.165, 1.54) is 18.2 Å². The van der Waals surface area contributed by atoms with Crippen molar-refractivity contribution >= 4 is 28.8 Å². The van der Waals surface area contributed by atoms with Crippen molar-refractivity contribution < 1.29 is 9.18 Å². The molecule has 5 heteroatoms. The Balaban J connectivity index is 2.96. The van der Waals surface area contributed by atoms with Crippen LogP contribution in [0.3, 0.4) is 0 Å². The van der Waals surface area contributed by atoms with Crippen LogP contribution in [-0.4, -0.2) is 10.9 Å². The molecule has 0 aliphatic rings. The van der Waals surface area contributed by atoms with Gasteiger partial charge < -0.3 is 11.1 Å². The van der Waals surface area contributed by atoms with E-state index in [2.05, 4.69) is 5.32 Å². The number of carbonyl (C=O) groups is 1. The number of thiocarbonyl (C=S) groups is 1. The second kappa shape index (κ2) is 5.91. The van der Waals surface area contributed by atoms with Gasteiger partial charge in [0, 0.05) is 5.69 Å². The van der Waals surface area contributed by atoms with E-state index in [1.54, 1.807) is 6.07 Å². The summed E-state index contributed by atoms with van der Waals surface area (Å²) in [5.74, 6) is -0.688. The van der Waals surface area contributed by atoms with E-state index in [1.807, 2.05) is 13.8 Å². The van der Waals surface area contributed by atoms with Gasteiger partial charge in [0.05, 0.1) is 10.4 Å². The molecule has 0 atom stereocenters. The highest BCUT2D eigenvalue weighted by atomic mass is 32.1. The smallest absolute Gasteiger partial charge is 0.237 e. The molecule has 0 heterocycles. The topological polar surface area (TPSA) is 55.1 Å². The molecular weight excluding hydrogens is 251 g/mol. The minimum absolute atomic E-state index is 0.168. The third-order valence-corrected chi connectivity index (χ3v) is 3.59. The Morgan fingerprint density at radius 1 is 1.44 bits per heavy atom. The Bertz CT molecular complexity index is 458. The molecule has 0 fully saturated rings. The maximum Gasteiger partial charge on any atom is 0.237 e. The Labute approximate surface area is 112 Å². The molecule has 1 amide bonds. The van der Waals surface area contributed by atoms with Gasteiger partial charge in [-0.15, -0.1) is 0 Å². The van der Waals surface area contributed by atoms with Crippen molar-refractivity contribution in [3.63, 3.8) is 0 Å². The first-order valence-electron chi connectivity index (χ1n) is 5.83. The number of carbonyl (C=O) groups excluding carboxylic acids is 1. The molecule has 1 aromatic rings. The molecule has 0 aliphatic heterocycles. The Kier molecular flexibility index (Phi) is 4.78. The van der Waals surface area contributed by atoms with Gasteiger partial charge in [0.15, 0.2) is 0 Å². The molecule has 0 bridgehead atoms. The lowest BCUT2D eigenvalue weighted by molar-refractivity contribution is -0.122. The van der Waals surface area contributed by atoms with E-state index >= 15 is 0 Å². The zero-order valence-corrected chi connectivity index (χ0v) is 11.3. The van der Waals surface area contributed by atoms with E-state index < -0.39 is 11.2 Å². The average molecular weight is 268 g/mol. The summed E-state index contributed by atoms with van der Waals surface area (Å²) < 4.78 is 13.0. The summed E-state index contributed by atoms with van der Waals surface area (Å²) in [6.07, 6.45) is 1.03. The van der Waals surface area contributed by atoms with Gasteiger partial charge in [-0.3, -0.25) is 4.79 Å². The van der Waals surface area contributed by atoms with E-state index in [9.17, 15) is 9.18 Å². The van der Waals surface area contributed by atoms with Gasteiger partial charge in [0.2, 0.25) is 5.91 Å². The number of hydrogen-bond donors (Lipinski definition) is 2. The van der Waals surface area contributed by atoms with E-state index in [0.717, 1.165) is 0 Å². The van der Waals surface area contributed by atoms with Crippen molar-refractivity contribution in [1.82, 2.24) is 0 Å². The van der Waals surface area contributed by atoms with E-state index in [-0.39, 0.29) is 10.9 Å². The Morgan fingerprint density at radius 3 is 2.50 bits per heavy atom. The van der Waals surface area contributed by atoms with E-state index in [4.69, 9.17) is 18.0 Å². The SMILES string of the molecule is CCC(CC)(C(=O)Nc1cccc(F)c1)C(N)=S. The van der Waals surface area contributed by atoms with Crippen molar-refractivity contribution in [2.24, 2.45) is 11.1 Å². The van der Waals surface area contributed by atoms with Crippen LogP contribution in [0.2, 0.25) is 0 Å². The largest absolute Gasteiger partial charge is 0.392 e. The van der Waals surface area contributed by atoms with Gasteiger partial charge in [-0.25, -0.2) is 4.39 Å². The lowest BCUT2D eigenvalue weighted by atomic mass is 9.81. The minimum atomic E-state index is -0.873. The molecular formula is C13H17FN2OS. The van der Waals surface area contributed by atoms with Crippen LogP contribution >= 0.6 is 12.2 Å². The predicted octanol–water partition coefficient (Wildman–Crippen LogP) is 2.86. The lowest BCUT2D eigenvalue weighted by Crippen LogP contribution is -2.45. The quantitative estimate of drug-likeness (QED) is 0.807. The van der Waals surface area contributed by atoms with Gasteiger partial charge in [0.25, 0.3) is 0 Å². The molecule has 0 aliphatic carbocycles. The number of nitrogens with one attached hydrogen (secondary N) is 1. The predicted molar refractivity (Wildman–Crippen MR) is 74.8 cm³/mol. The molecule has 0 saturated carbocycles. The number of amides is 1. The number of benzene rings is 1. The summed E-state index contributed by atoms with van der Waals surface area (Å²) in [7, 11) is 0. The van der Waals surface area contributed by atoms with Gasteiger partial charge in [-0.2, -0.15) is 0 Å². The fourth-order valence-electron chi connectivity index (χ4n) is 1.85. The molecule has 98 valence electrons. The second-order valence-electron chi connectivity index (χ2n) is 4.12. The van der Waals surface area contributed by atoms with Crippen molar-refractivity contribution in [3.8, 4) is 0 Å². The molecule has 3 N–H and O–H groups in total. The molecule has 0 aromatic heterocycles. The first-order valence-corrected chi connectivity index (χ1v) is 6.24. The summed E-state index contributed by atoms with van der Waals surface area (Å²) in [4.78, 5) is 12.4. The molecule has 18 heavy (non-hydrogen) atoms. The maximum absolute atomic E-state index is 13.0. The van der Waals surface area contributed by atoms with Crippen LogP contribution in [0.1, 0.15) is 26.7 Å². The van der Waals surface area contributed by atoms with Crippen LogP contribution < -0.4 is 11.1 Å². The standard InChI is InChI=1S/C13H17FN2OS/c1-3-13(4-2,11(15)18)12(17)16-10-7-5-6-9(14)8-10/h5-8H,3-4H2,1-2H3,(H2,15,18)(H,16,17). The third kappa shape index (κ3) is 2.85. The van der Waals surface area contributed by atoms with Crippen LogP contribution in [0, 0.1) is 11.2 Å². The number of hydrogen-bond acceptors (Lipinski definition) is 2. The van der Waals surface area contributed by atoms with E-state index in [0.29, 0.717) is 18.5 Å². The first kappa shape index (κ1) is 14.6. The van der Waals surface area contributed by atoms with Crippen LogP contribution in [0.4, 0.5) is 10.1 Å². The molecule has 1 rings (SSSR count). The highest BCUT2D eigenvalue weighted by Crippen LogP contribution is 2.28. The highest BCUT2D eigenvalue weighted by Gasteiger charge is 2.38. The molecule has 0 saturated heterocycles. The molecule has 0 spiro atoms. The van der Waals surface area contributed by atoms with Gasteiger partial charge in [-0.1, -0.05) is 32.1 Å². The summed E-state index contributed by atoms with van der Waals surface area (Å²) in [5.41, 5.74) is 5.21. The number of halogens is 1. The molecule has 0 radical (unpaired) electrons. The second-order valence-corrected chi connectivity index (χ2v) is 4.56. The Hall–Kier alpha value is -1.49. The minimum Gasteiger partial charge on any atom is -0.392 e. The monoisotopic (exact) mass is 268 g/mol. The van der Waals surface area contributed by atoms with Gasteiger partial charge in [0.1, 0.15) is 5.82 Å². The summed E-state index contributed by atoms with van der Waals surface area (Å²) in [6.45, 7) is 3.71. The highest BCUT2D eigenvalue weighted by molar-refractivity contribution is 7.80. The zero-order chi connectivity index (χ0) is 13.8. The summed E-state index contributed by atoms with van der Waals surface area (Å²) in [5, 5.41) is 2.66. The fraction of sp³-hybridized carbons (Fsp3) is 0.385. The van der Waals surface area contributed by atoms with Crippen molar-refractivity contribution in [2.45, 2.75) is 26.7 Å². The normalized spacial score (nSPS) is 11.1. The zero-order valence-electron chi connectivity index (χ0n) is 10.5. The fourth-order valence-corrected chi connectivity index (χ4v) is 2.23. The van der Waals surface area contributed by atoms with Gasteiger partial charge in [-0.05, 0) is 31.0 Å². The first-order chi connectivity index (χ1) is 8.46.